The Kier molecular flexibility index (Phi) is 2.63. The van der Waals surface area contributed by atoms with Crippen molar-refractivity contribution in [2.24, 2.45) is 0 Å². The molecular formula is C7H12NO2P. The standard InChI is InChI=1S/C7H12NO2P/c1-5-2-3-8(11)6(4-5)7(9)10/h6H,1-4,11H2,(H,9,10)/t6-/m1/s1. The van der Waals surface area contributed by atoms with Crippen molar-refractivity contribution in [1.82, 2.24) is 4.67 Å². The van der Waals surface area contributed by atoms with E-state index in [9.17, 15) is 4.79 Å². The van der Waals surface area contributed by atoms with E-state index in [-0.39, 0.29) is 6.04 Å². The molecule has 0 saturated carbocycles. The third-order valence-corrected chi connectivity index (χ3v) is 2.51. The van der Waals surface area contributed by atoms with Gasteiger partial charge in [0.2, 0.25) is 0 Å². The van der Waals surface area contributed by atoms with Gasteiger partial charge in [-0.3, -0.25) is 9.46 Å². The fraction of sp³-hybridized carbons (Fsp3) is 0.571. The lowest BCUT2D eigenvalue weighted by atomic mass is 10.0. The van der Waals surface area contributed by atoms with Crippen LogP contribution in [0.4, 0.5) is 0 Å². The molecule has 4 heteroatoms. The molecule has 1 fully saturated rings. The molecule has 1 unspecified atom stereocenters. The molecule has 1 N–H and O–H groups in total. The van der Waals surface area contributed by atoms with E-state index in [0.29, 0.717) is 6.42 Å². The van der Waals surface area contributed by atoms with Crippen LogP contribution in [-0.2, 0) is 4.79 Å². The lowest BCUT2D eigenvalue weighted by Crippen LogP contribution is -2.38. The first kappa shape index (κ1) is 8.69. The lowest BCUT2D eigenvalue weighted by molar-refractivity contribution is -0.141. The highest BCUT2D eigenvalue weighted by Crippen LogP contribution is 2.23. The summed E-state index contributed by atoms with van der Waals surface area (Å²) in [5.74, 6) is -0.763. The molecule has 0 amide bonds. The monoisotopic (exact) mass is 173 g/mol. The van der Waals surface area contributed by atoms with Crippen molar-refractivity contribution in [1.29, 1.82) is 0 Å². The van der Waals surface area contributed by atoms with Crippen LogP contribution in [0.1, 0.15) is 12.8 Å². The van der Waals surface area contributed by atoms with Gasteiger partial charge in [0.1, 0.15) is 6.04 Å². The number of hydrogen-bond donors (Lipinski definition) is 1. The fourth-order valence-corrected chi connectivity index (χ4v) is 1.53. The van der Waals surface area contributed by atoms with Gasteiger partial charge in [-0.15, -0.1) is 0 Å². The molecule has 1 aliphatic rings. The largest absolute Gasteiger partial charge is 0.480 e. The number of carboxylic acids is 1. The zero-order valence-corrected chi connectivity index (χ0v) is 7.44. The molecule has 0 radical (unpaired) electrons. The number of carboxylic acid groups (broad SMARTS) is 1. The summed E-state index contributed by atoms with van der Waals surface area (Å²) in [5.41, 5.74) is 1.04. The van der Waals surface area contributed by atoms with Crippen LogP contribution in [0.5, 0.6) is 0 Å². The van der Waals surface area contributed by atoms with Crippen molar-refractivity contribution in [2.75, 3.05) is 6.54 Å². The topological polar surface area (TPSA) is 40.5 Å². The quantitative estimate of drug-likeness (QED) is 0.472. The first-order chi connectivity index (χ1) is 5.11. The maximum absolute atomic E-state index is 10.6. The van der Waals surface area contributed by atoms with Crippen molar-refractivity contribution in [2.45, 2.75) is 18.9 Å². The minimum atomic E-state index is -0.763. The molecule has 3 nitrogen and oxygen atoms in total. The van der Waals surface area contributed by atoms with E-state index >= 15 is 0 Å². The van der Waals surface area contributed by atoms with Gasteiger partial charge in [-0.25, -0.2) is 0 Å². The second-order valence-electron chi connectivity index (χ2n) is 2.80. The molecule has 0 spiro atoms. The molecule has 0 aromatic carbocycles. The summed E-state index contributed by atoms with van der Waals surface area (Å²) in [4.78, 5) is 10.6. The number of nitrogens with zero attached hydrogens (tertiary/aromatic N) is 1. The predicted molar refractivity (Wildman–Crippen MR) is 46.2 cm³/mol. The molecule has 2 atom stereocenters. The third-order valence-electron chi connectivity index (χ3n) is 1.89. The summed E-state index contributed by atoms with van der Waals surface area (Å²) in [5, 5.41) is 8.73. The fourth-order valence-electron chi connectivity index (χ4n) is 1.16. The lowest BCUT2D eigenvalue weighted by Gasteiger charge is -2.29. The number of carbonyl (C=O) groups is 1. The minimum Gasteiger partial charge on any atom is -0.480 e. The molecule has 1 heterocycles. The Morgan fingerprint density at radius 2 is 2.45 bits per heavy atom. The molecule has 0 aromatic rings. The van der Waals surface area contributed by atoms with Crippen LogP contribution in [0.2, 0.25) is 0 Å². The zero-order chi connectivity index (χ0) is 8.43. The molecule has 62 valence electrons. The van der Waals surface area contributed by atoms with Gasteiger partial charge in [-0.05, 0) is 12.8 Å². The van der Waals surface area contributed by atoms with Crippen LogP contribution in [0.25, 0.3) is 0 Å². The number of rotatable bonds is 1. The minimum absolute atomic E-state index is 0.388. The van der Waals surface area contributed by atoms with Crippen LogP contribution in [0.3, 0.4) is 0 Å². The Labute approximate surface area is 68.3 Å². The highest BCUT2D eigenvalue weighted by molar-refractivity contribution is 7.13. The average Bonchev–Trinajstić information content (AvgIpc) is 1.94. The Hall–Kier alpha value is -0.400. The van der Waals surface area contributed by atoms with Crippen molar-refractivity contribution in [3.63, 3.8) is 0 Å². The van der Waals surface area contributed by atoms with E-state index in [2.05, 4.69) is 16.0 Å². The van der Waals surface area contributed by atoms with E-state index in [4.69, 9.17) is 5.11 Å². The second-order valence-corrected chi connectivity index (χ2v) is 3.46. The summed E-state index contributed by atoms with van der Waals surface area (Å²) in [6.45, 7) is 4.56. The van der Waals surface area contributed by atoms with E-state index in [1.807, 2.05) is 0 Å². The third kappa shape index (κ3) is 2.01. The summed E-state index contributed by atoms with van der Waals surface area (Å²) >= 11 is 0. The van der Waals surface area contributed by atoms with E-state index in [1.165, 1.54) is 0 Å². The molecule has 0 aliphatic carbocycles. The maximum Gasteiger partial charge on any atom is 0.321 e. The van der Waals surface area contributed by atoms with Crippen molar-refractivity contribution >= 4 is 15.4 Å². The van der Waals surface area contributed by atoms with Crippen LogP contribution in [0.15, 0.2) is 12.2 Å². The molecule has 0 bridgehead atoms. The summed E-state index contributed by atoms with van der Waals surface area (Å²) in [6.07, 6.45) is 1.49. The molecule has 0 aromatic heterocycles. The Morgan fingerprint density at radius 3 is 2.91 bits per heavy atom. The smallest absolute Gasteiger partial charge is 0.321 e. The Bertz CT molecular complexity index is 193. The molecule has 11 heavy (non-hydrogen) atoms. The summed E-state index contributed by atoms with van der Waals surface area (Å²) < 4.78 is 1.77. The number of aliphatic carboxylic acids is 1. The predicted octanol–water partition coefficient (Wildman–Crippen LogP) is 0.882. The Balaban J connectivity index is 2.61. The first-order valence-corrected chi connectivity index (χ1v) is 4.03. The van der Waals surface area contributed by atoms with E-state index in [0.717, 1.165) is 18.5 Å². The number of hydrogen-bond acceptors (Lipinski definition) is 2. The zero-order valence-electron chi connectivity index (χ0n) is 6.29. The van der Waals surface area contributed by atoms with Gasteiger partial charge in [-0.2, -0.15) is 0 Å². The molecule has 1 aliphatic heterocycles. The van der Waals surface area contributed by atoms with Crippen LogP contribution >= 0.6 is 9.39 Å². The van der Waals surface area contributed by atoms with Crippen LogP contribution < -0.4 is 0 Å². The first-order valence-electron chi connectivity index (χ1n) is 3.52. The van der Waals surface area contributed by atoms with Gasteiger partial charge in [-0.1, -0.05) is 21.5 Å². The Morgan fingerprint density at radius 1 is 1.82 bits per heavy atom. The number of piperidine rings is 1. The van der Waals surface area contributed by atoms with Crippen molar-refractivity contribution < 1.29 is 9.90 Å². The van der Waals surface area contributed by atoms with E-state index in [1.54, 1.807) is 4.67 Å². The van der Waals surface area contributed by atoms with Gasteiger partial charge in [0.05, 0.1) is 0 Å². The highest BCUT2D eigenvalue weighted by atomic mass is 31.0. The normalized spacial score (nSPS) is 27.0. The van der Waals surface area contributed by atoms with Gasteiger partial charge >= 0.3 is 5.97 Å². The van der Waals surface area contributed by atoms with Crippen LogP contribution in [0, 0.1) is 0 Å². The average molecular weight is 173 g/mol. The van der Waals surface area contributed by atoms with Gasteiger partial charge in [0.15, 0.2) is 0 Å². The van der Waals surface area contributed by atoms with Crippen LogP contribution in [-0.4, -0.2) is 28.3 Å². The highest BCUT2D eigenvalue weighted by Gasteiger charge is 2.26. The van der Waals surface area contributed by atoms with Crippen molar-refractivity contribution in [3.8, 4) is 0 Å². The van der Waals surface area contributed by atoms with Crippen molar-refractivity contribution in [3.05, 3.63) is 12.2 Å². The van der Waals surface area contributed by atoms with E-state index < -0.39 is 5.97 Å². The second kappa shape index (κ2) is 3.33. The van der Waals surface area contributed by atoms with Gasteiger partial charge in [0, 0.05) is 6.54 Å². The SMILES string of the molecule is C=C1CCN(P)[C@@H](C(=O)O)C1. The molecule has 1 rings (SSSR count). The summed E-state index contributed by atoms with van der Waals surface area (Å²) in [7, 11) is 2.44. The molecule has 1 saturated heterocycles. The molecular weight excluding hydrogens is 161 g/mol. The maximum atomic E-state index is 10.6. The van der Waals surface area contributed by atoms with Gasteiger partial charge < -0.3 is 5.11 Å². The van der Waals surface area contributed by atoms with Gasteiger partial charge in [0.25, 0.3) is 0 Å². The summed E-state index contributed by atoms with van der Waals surface area (Å²) in [6, 6.07) is -0.388.